The van der Waals surface area contributed by atoms with Crippen LogP contribution < -0.4 is 4.90 Å². The highest BCUT2D eigenvalue weighted by molar-refractivity contribution is 6.18. The zero-order valence-corrected chi connectivity index (χ0v) is 30.8. The molecular formula is C54H38N2. The van der Waals surface area contributed by atoms with Crippen LogP contribution in [0.4, 0.5) is 17.1 Å². The van der Waals surface area contributed by atoms with Gasteiger partial charge >= 0.3 is 0 Å². The van der Waals surface area contributed by atoms with Gasteiger partial charge in [0.2, 0.25) is 0 Å². The lowest BCUT2D eigenvalue weighted by Crippen LogP contribution is -2.13. The standard InChI is InChI=1S/C54H38N2/c1-5-21-39(22-6-1)43-29-13-14-31-46(43)53-45(41-25-9-3-10-26-41)33-19-36-50(53)56(48-34-17-15-30-44(48)40-23-7-2-8-24-40)52-38-20-37-51-54(52)47-32-16-18-35-49(47)55(51)42-27-11-4-12-28-42/h1-38H. The van der Waals surface area contributed by atoms with E-state index in [-0.39, 0.29) is 0 Å². The van der Waals surface area contributed by atoms with E-state index in [1.54, 1.807) is 0 Å². The summed E-state index contributed by atoms with van der Waals surface area (Å²) in [4.78, 5) is 2.52. The molecule has 9 aromatic carbocycles. The van der Waals surface area contributed by atoms with Crippen molar-refractivity contribution < 1.29 is 0 Å². The molecule has 10 aromatic rings. The van der Waals surface area contributed by atoms with Crippen molar-refractivity contribution in [3.05, 3.63) is 231 Å². The number of anilines is 3. The molecule has 264 valence electrons. The first kappa shape index (κ1) is 33.2. The van der Waals surface area contributed by atoms with E-state index < -0.39 is 0 Å². The monoisotopic (exact) mass is 714 g/mol. The maximum absolute atomic E-state index is 2.52. The Hall–Kier alpha value is -7.42. The Morgan fingerprint density at radius 1 is 0.286 bits per heavy atom. The van der Waals surface area contributed by atoms with Crippen LogP contribution in [0.1, 0.15) is 0 Å². The van der Waals surface area contributed by atoms with Gasteiger partial charge in [-0.25, -0.2) is 0 Å². The fourth-order valence-corrected chi connectivity index (χ4v) is 8.40. The van der Waals surface area contributed by atoms with Gasteiger partial charge in [0.15, 0.2) is 0 Å². The van der Waals surface area contributed by atoms with Crippen LogP contribution >= 0.6 is 0 Å². The molecule has 0 unspecified atom stereocenters. The number of benzene rings is 9. The molecule has 0 spiro atoms. The van der Waals surface area contributed by atoms with Gasteiger partial charge in [0.1, 0.15) is 0 Å². The van der Waals surface area contributed by atoms with Crippen molar-refractivity contribution in [1.29, 1.82) is 0 Å². The molecule has 0 saturated carbocycles. The number of fused-ring (bicyclic) bond motifs is 3. The summed E-state index contributed by atoms with van der Waals surface area (Å²) in [5, 5.41) is 2.40. The molecular weight excluding hydrogens is 677 g/mol. The van der Waals surface area contributed by atoms with Crippen LogP contribution in [-0.2, 0) is 0 Å². The summed E-state index contributed by atoms with van der Waals surface area (Å²) >= 11 is 0. The molecule has 0 aliphatic heterocycles. The van der Waals surface area contributed by atoms with Crippen LogP contribution in [0.15, 0.2) is 231 Å². The van der Waals surface area contributed by atoms with Gasteiger partial charge in [-0.3, -0.25) is 0 Å². The van der Waals surface area contributed by atoms with Gasteiger partial charge in [0.05, 0.1) is 28.1 Å². The van der Waals surface area contributed by atoms with Gasteiger partial charge in [0.25, 0.3) is 0 Å². The first-order valence-corrected chi connectivity index (χ1v) is 19.2. The summed E-state index contributed by atoms with van der Waals surface area (Å²) in [6, 6.07) is 83.2. The lowest BCUT2D eigenvalue weighted by atomic mass is 9.87. The van der Waals surface area contributed by atoms with Gasteiger partial charge < -0.3 is 9.47 Å². The lowest BCUT2D eigenvalue weighted by molar-refractivity contribution is 1.18. The van der Waals surface area contributed by atoms with Gasteiger partial charge in [-0.2, -0.15) is 0 Å². The van der Waals surface area contributed by atoms with E-state index in [2.05, 4.69) is 240 Å². The Bertz CT molecular complexity index is 2950. The summed E-state index contributed by atoms with van der Waals surface area (Å²) in [7, 11) is 0. The zero-order chi connectivity index (χ0) is 37.3. The predicted octanol–water partition coefficient (Wildman–Crippen LogP) is 14.9. The predicted molar refractivity (Wildman–Crippen MR) is 237 cm³/mol. The third-order valence-corrected chi connectivity index (χ3v) is 10.8. The summed E-state index contributed by atoms with van der Waals surface area (Å²) in [5.41, 5.74) is 16.2. The van der Waals surface area contributed by atoms with Crippen LogP contribution in [0.25, 0.3) is 72.0 Å². The smallest absolute Gasteiger partial charge is 0.0562 e. The first-order valence-electron chi connectivity index (χ1n) is 19.2. The second kappa shape index (κ2) is 14.4. The average Bonchev–Trinajstić information content (AvgIpc) is 3.63. The second-order valence-corrected chi connectivity index (χ2v) is 14.1. The molecule has 56 heavy (non-hydrogen) atoms. The SMILES string of the molecule is c1ccc(-c2ccccc2-c2c(-c3ccccc3)cccc2N(c2ccccc2-c2ccccc2)c2cccc3c2c2ccccc2n3-c2ccccc2)cc1. The van der Waals surface area contributed by atoms with Gasteiger partial charge in [-0.05, 0) is 75.8 Å². The number of hydrogen-bond acceptors (Lipinski definition) is 1. The molecule has 0 fully saturated rings. The van der Waals surface area contributed by atoms with Crippen molar-refractivity contribution in [2.45, 2.75) is 0 Å². The van der Waals surface area contributed by atoms with Crippen molar-refractivity contribution in [2.75, 3.05) is 4.90 Å². The number of aromatic nitrogens is 1. The molecule has 0 aliphatic rings. The normalized spacial score (nSPS) is 11.2. The van der Waals surface area contributed by atoms with E-state index in [0.29, 0.717) is 0 Å². The molecule has 10 rings (SSSR count). The van der Waals surface area contributed by atoms with Crippen molar-refractivity contribution in [3.63, 3.8) is 0 Å². The Morgan fingerprint density at radius 3 is 1.43 bits per heavy atom. The molecule has 1 heterocycles. The minimum Gasteiger partial charge on any atom is -0.309 e. The third-order valence-electron chi connectivity index (χ3n) is 10.8. The van der Waals surface area contributed by atoms with Gasteiger partial charge in [-0.1, -0.05) is 188 Å². The van der Waals surface area contributed by atoms with Crippen LogP contribution in [0.2, 0.25) is 0 Å². The van der Waals surface area contributed by atoms with Crippen LogP contribution in [0, 0.1) is 0 Å². The summed E-state index contributed by atoms with van der Waals surface area (Å²) in [6.45, 7) is 0. The topological polar surface area (TPSA) is 8.17 Å². The Morgan fingerprint density at radius 2 is 0.732 bits per heavy atom. The molecule has 0 amide bonds. The van der Waals surface area contributed by atoms with Crippen LogP contribution in [0.5, 0.6) is 0 Å². The largest absolute Gasteiger partial charge is 0.309 e. The number of rotatable bonds is 8. The van der Waals surface area contributed by atoms with Crippen molar-refractivity contribution in [1.82, 2.24) is 4.57 Å². The number of nitrogens with zero attached hydrogens (tertiary/aromatic N) is 2. The fraction of sp³-hybridized carbons (Fsp3) is 0. The molecule has 0 N–H and O–H groups in total. The molecule has 0 radical (unpaired) electrons. The van der Waals surface area contributed by atoms with Crippen LogP contribution in [0.3, 0.4) is 0 Å². The fourth-order valence-electron chi connectivity index (χ4n) is 8.40. The molecule has 0 atom stereocenters. The molecule has 0 aliphatic carbocycles. The molecule has 0 saturated heterocycles. The van der Waals surface area contributed by atoms with Crippen molar-refractivity contribution >= 4 is 38.9 Å². The highest BCUT2D eigenvalue weighted by Crippen LogP contribution is 2.52. The minimum absolute atomic E-state index is 1.10. The Labute approximate surface area is 327 Å². The van der Waals surface area contributed by atoms with E-state index in [1.165, 1.54) is 49.7 Å². The highest BCUT2D eigenvalue weighted by Gasteiger charge is 2.27. The summed E-state index contributed by atoms with van der Waals surface area (Å²) in [6.07, 6.45) is 0. The highest BCUT2D eigenvalue weighted by atomic mass is 15.2. The quantitative estimate of drug-likeness (QED) is 0.152. The van der Waals surface area contributed by atoms with Crippen LogP contribution in [-0.4, -0.2) is 4.57 Å². The average molecular weight is 715 g/mol. The van der Waals surface area contributed by atoms with E-state index in [0.717, 1.165) is 39.4 Å². The molecule has 2 heteroatoms. The molecule has 0 bridgehead atoms. The van der Waals surface area contributed by atoms with E-state index >= 15 is 0 Å². The zero-order valence-electron chi connectivity index (χ0n) is 30.8. The van der Waals surface area contributed by atoms with E-state index in [9.17, 15) is 0 Å². The number of hydrogen-bond donors (Lipinski definition) is 0. The molecule has 1 aromatic heterocycles. The number of para-hydroxylation sites is 3. The summed E-state index contributed by atoms with van der Waals surface area (Å²) in [5.74, 6) is 0. The van der Waals surface area contributed by atoms with Crippen molar-refractivity contribution in [3.8, 4) is 50.2 Å². The van der Waals surface area contributed by atoms with E-state index in [4.69, 9.17) is 0 Å². The first-order chi connectivity index (χ1) is 27.8. The second-order valence-electron chi connectivity index (χ2n) is 14.1. The maximum Gasteiger partial charge on any atom is 0.0562 e. The van der Waals surface area contributed by atoms with Gasteiger partial charge in [0, 0.05) is 27.6 Å². The Balaban J connectivity index is 1.36. The third kappa shape index (κ3) is 5.76. The molecule has 2 nitrogen and oxygen atoms in total. The maximum atomic E-state index is 2.52. The van der Waals surface area contributed by atoms with E-state index in [1.807, 2.05) is 0 Å². The summed E-state index contributed by atoms with van der Waals surface area (Å²) < 4.78 is 2.40. The Kier molecular flexibility index (Phi) is 8.55. The minimum atomic E-state index is 1.10. The van der Waals surface area contributed by atoms with Gasteiger partial charge in [-0.15, -0.1) is 0 Å². The lowest BCUT2D eigenvalue weighted by Gasteiger charge is -2.32. The van der Waals surface area contributed by atoms with Crippen molar-refractivity contribution in [2.24, 2.45) is 0 Å².